The van der Waals surface area contributed by atoms with Crippen molar-refractivity contribution in [3.05, 3.63) is 0 Å². The molecule has 56 valence electrons. The molecule has 0 saturated heterocycles. The van der Waals surface area contributed by atoms with Gasteiger partial charge in [0.1, 0.15) is 0 Å². The van der Waals surface area contributed by atoms with Crippen LogP contribution < -0.4 is 6.15 Å². The van der Waals surface area contributed by atoms with E-state index >= 15 is 0 Å². The summed E-state index contributed by atoms with van der Waals surface area (Å²) in [5, 5.41) is 0. The van der Waals surface area contributed by atoms with Gasteiger partial charge in [0.25, 0.3) is 0 Å². The van der Waals surface area contributed by atoms with Crippen LogP contribution >= 0.6 is 32.6 Å². The van der Waals surface area contributed by atoms with Gasteiger partial charge in [-0.05, 0) is 0 Å². The van der Waals surface area contributed by atoms with Crippen molar-refractivity contribution in [3.63, 3.8) is 0 Å². The molecule has 0 fully saturated rings. The minimum Gasteiger partial charge on any atom is -0.344 e. The summed E-state index contributed by atoms with van der Waals surface area (Å²) >= 11 is 0. The normalized spacial score (nSPS) is 7.38. The highest BCUT2D eigenvalue weighted by Crippen LogP contribution is 2.25. The zero-order chi connectivity index (χ0) is 4.50. The Morgan fingerprint density at radius 1 is 1.00 bits per heavy atom. The average molecular weight is 188 g/mol. The van der Waals surface area contributed by atoms with Crippen molar-refractivity contribution >= 4 is 32.6 Å². The van der Waals surface area contributed by atoms with Crippen LogP contribution in [0.2, 0.25) is 0 Å². The Kier molecular flexibility index (Phi) is 22.4. The first-order valence-electron chi connectivity index (χ1n) is 0.783. The fraction of sp³-hybridized carbons (Fsp3) is 0. The third-order valence-corrected chi connectivity index (χ3v) is 0. The van der Waals surface area contributed by atoms with E-state index in [1.807, 2.05) is 0 Å². The number of hydrogen-bond acceptors (Lipinski definition) is 2. The predicted molar refractivity (Wildman–Crippen MR) is 33.8 cm³/mol. The van der Waals surface area contributed by atoms with E-state index in [0.29, 0.717) is 0 Å². The van der Waals surface area contributed by atoms with Gasteiger partial charge in [-0.3, -0.25) is 0 Å². The van der Waals surface area contributed by atoms with Crippen molar-refractivity contribution in [2.24, 2.45) is 0 Å². The van der Waals surface area contributed by atoms with Crippen LogP contribution in [0.5, 0.6) is 0 Å². The predicted octanol–water partition coefficient (Wildman–Crippen LogP) is 0.0770. The van der Waals surface area contributed by atoms with Crippen LogP contribution in [0.15, 0.2) is 0 Å². The third-order valence-electron chi connectivity index (χ3n) is 0. The topological polar surface area (TPSA) is 113 Å². The number of hydrogen-bond donors (Lipinski definition) is 4. The third kappa shape index (κ3) is 502. The molecule has 0 aromatic carbocycles. The lowest BCUT2D eigenvalue weighted by molar-refractivity contribution is 0.275. The van der Waals surface area contributed by atoms with Gasteiger partial charge in [-0.15, -0.1) is 24.8 Å². The Labute approximate surface area is 58.7 Å². The fourth-order valence-corrected chi connectivity index (χ4v) is 0. The number of rotatable bonds is 0. The van der Waals surface area contributed by atoms with Crippen molar-refractivity contribution in [1.82, 2.24) is 6.15 Å². The molecule has 0 bridgehead atoms. The Morgan fingerprint density at radius 2 is 1.00 bits per heavy atom. The molecule has 8 heteroatoms. The monoisotopic (exact) mass is 187 g/mol. The Balaban J connectivity index is -0.0000000267. The van der Waals surface area contributed by atoms with Crippen LogP contribution in [-0.4, -0.2) is 14.7 Å². The van der Waals surface area contributed by atoms with Crippen LogP contribution in [0, 0.1) is 0 Å². The fourth-order valence-electron chi connectivity index (χ4n) is 0. The van der Waals surface area contributed by atoms with E-state index in [0.717, 1.165) is 0 Å². The van der Waals surface area contributed by atoms with Gasteiger partial charge in [0.05, 0.1) is 0 Å². The largest absolute Gasteiger partial charge is 0.466 e. The molecule has 5 nitrogen and oxygen atoms in total. The molecular formula is H8Cl2NO4P. The van der Waals surface area contributed by atoms with Crippen molar-refractivity contribution in [2.75, 3.05) is 0 Å². The second-order valence-corrected chi connectivity index (χ2v) is 1.54. The summed E-state index contributed by atoms with van der Waals surface area (Å²) in [7, 11) is -4.64. The molecule has 0 aliphatic rings. The maximum absolute atomic E-state index is 8.88. The summed E-state index contributed by atoms with van der Waals surface area (Å²) in [5.74, 6) is 0. The molecule has 0 aliphatic heterocycles. The van der Waals surface area contributed by atoms with Gasteiger partial charge in [-0.2, -0.15) is 0 Å². The van der Waals surface area contributed by atoms with E-state index in [9.17, 15) is 0 Å². The smallest absolute Gasteiger partial charge is 0.344 e. The first kappa shape index (κ1) is 23.4. The van der Waals surface area contributed by atoms with Crippen LogP contribution in [-0.2, 0) is 4.57 Å². The van der Waals surface area contributed by atoms with Crippen molar-refractivity contribution in [1.29, 1.82) is 0 Å². The summed E-state index contributed by atoms with van der Waals surface area (Å²) in [5.41, 5.74) is 0. The van der Waals surface area contributed by atoms with Crippen LogP contribution in [0.4, 0.5) is 0 Å². The van der Waals surface area contributed by atoms with Gasteiger partial charge >= 0.3 is 7.82 Å². The maximum Gasteiger partial charge on any atom is 0.466 e. The van der Waals surface area contributed by atoms with Crippen molar-refractivity contribution in [2.45, 2.75) is 0 Å². The second-order valence-electron chi connectivity index (χ2n) is 0.513. The molecule has 0 spiro atoms. The van der Waals surface area contributed by atoms with Crippen molar-refractivity contribution < 1.29 is 19.2 Å². The minimum absolute atomic E-state index is 0. The van der Waals surface area contributed by atoms with E-state index in [4.69, 9.17) is 19.2 Å². The first-order valence-corrected chi connectivity index (χ1v) is 2.35. The van der Waals surface area contributed by atoms with E-state index < -0.39 is 7.82 Å². The Morgan fingerprint density at radius 3 is 1.00 bits per heavy atom. The molecule has 0 rings (SSSR count). The Hall–Kier alpha value is 0.650. The molecular weight excluding hydrogens is 180 g/mol. The SMILES string of the molecule is Cl.Cl.N.O=P(O)(O)O. The molecule has 8 heavy (non-hydrogen) atoms. The van der Waals surface area contributed by atoms with Gasteiger partial charge in [0, 0.05) is 0 Å². The molecule has 0 aromatic rings. The number of phosphoric acid groups is 1. The standard InChI is InChI=1S/2ClH.H3N.H3O4P/c;;;1-5(2,3)4/h2*1H;1H3;(H3,1,2,3,4). The van der Waals surface area contributed by atoms with Crippen molar-refractivity contribution in [3.8, 4) is 0 Å². The first-order chi connectivity index (χ1) is 2.00. The van der Waals surface area contributed by atoms with E-state index in [-0.39, 0.29) is 31.0 Å². The van der Waals surface area contributed by atoms with E-state index in [2.05, 4.69) is 0 Å². The highest BCUT2D eigenvalue weighted by Gasteiger charge is 2.00. The highest BCUT2D eigenvalue weighted by molar-refractivity contribution is 7.45. The van der Waals surface area contributed by atoms with E-state index in [1.54, 1.807) is 0 Å². The summed E-state index contributed by atoms with van der Waals surface area (Å²) in [4.78, 5) is 21.6. The lowest BCUT2D eigenvalue weighted by Gasteiger charge is -1.82. The van der Waals surface area contributed by atoms with Crippen LogP contribution in [0.25, 0.3) is 0 Å². The van der Waals surface area contributed by atoms with Gasteiger partial charge in [0.2, 0.25) is 0 Å². The summed E-state index contributed by atoms with van der Waals surface area (Å²) < 4.78 is 8.88. The Bertz CT molecular complexity index is 60.2. The zero-order valence-electron chi connectivity index (χ0n) is 3.72. The average Bonchev–Trinajstić information content (AvgIpc) is 0.722. The van der Waals surface area contributed by atoms with E-state index in [1.165, 1.54) is 0 Å². The van der Waals surface area contributed by atoms with Gasteiger partial charge in [0.15, 0.2) is 0 Å². The molecule has 0 saturated carbocycles. The number of halogens is 2. The lowest BCUT2D eigenvalue weighted by atomic mass is 14.0. The summed E-state index contributed by atoms with van der Waals surface area (Å²) in [6.45, 7) is 0. The highest BCUT2D eigenvalue weighted by atomic mass is 35.5. The molecule has 0 heterocycles. The van der Waals surface area contributed by atoms with Gasteiger partial charge in [-0.25, -0.2) is 4.57 Å². The molecule has 6 N–H and O–H groups in total. The second kappa shape index (κ2) is 7.65. The summed E-state index contributed by atoms with van der Waals surface area (Å²) in [6, 6.07) is 0. The molecule has 0 amide bonds. The molecule has 0 radical (unpaired) electrons. The van der Waals surface area contributed by atoms with Gasteiger partial charge < -0.3 is 20.8 Å². The van der Waals surface area contributed by atoms with Crippen LogP contribution in [0.3, 0.4) is 0 Å². The summed E-state index contributed by atoms with van der Waals surface area (Å²) in [6.07, 6.45) is 0. The maximum atomic E-state index is 8.88. The van der Waals surface area contributed by atoms with Crippen LogP contribution in [0.1, 0.15) is 0 Å². The molecule has 0 aliphatic carbocycles. The quantitative estimate of drug-likeness (QED) is 0.402. The minimum atomic E-state index is -4.64. The van der Waals surface area contributed by atoms with Gasteiger partial charge in [-0.1, -0.05) is 0 Å². The molecule has 0 aromatic heterocycles. The zero-order valence-corrected chi connectivity index (χ0v) is 6.25. The lowest BCUT2D eigenvalue weighted by Crippen LogP contribution is -1.66. The molecule has 0 unspecified atom stereocenters. The molecule has 0 atom stereocenters.